The molecule has 2 amide bonds. The fraction of sp³-hybridized carbons (Fsp3) is 0.857. The third-order valence-corrected chi connectivity index (χ3v) is 2.58. The molecule has 6 heteroatoms. The maximum Gasteiger partial charge on any atom is 0.242 e. The fourth-order valence-electron chi connectivity index (χ4n) is 1.56. The van der Waals surface area contributed by atoms with E-state index in [2.05, 4.69) is 10.6 Å². The molecule has 4 N–H and O–H groups in total. The maximum atomic E-state index is 12.1. The smallest absolute Gasteiger partial charge is 0.242 e. The lowest BCUT2D eigenvalue weighted by Gasteiger charge is -2.25. The van der Waals surface area contributed by atoms with Gasteiger partial charge < -0.3 is 16.4 Å². The Kier molecular flexibility index (Phi) is 9.87. The van der Waals surface area contributed by atoms with Crippen molar-refractivity contribution in [1.82, 2.24) is 10.6 Å². The number of nitrogens with two attached hydrogens (primary N) is 1. The molecule has 5 nitrogen and oxygen atoms in total. The van der Waals surface area contributed by atoms with Gasteiger partial charge in [0, 0.05) is 18.5 Å². The highest BCUT2D eigenvalue weighted by molar-refractivity contribution is 5.87. The third-order valence-electron chi connectivity index (χ3n) is 2.58. The molecule has 1 atom stereocenters. The minimum absolute atomic E-state index is 0. The fourth-order valence-corrected chi connectivity index (χ4v) is 1.56. The van der Waals surface area contributed by atoms with E-state index in [0.29, 0.717) is 13.0 Å². The first-order chi connectivity index (χ1) is 8.53. The first-order valence-corrected chi connectivity index (χ1v) is 6.89. The van der Waals surface area contributed by atoms with Crippen LogP contribution in [-0.4, -0.2) is 29.9 Å². The van der Waals surface area contributed by atoms with E-state index < -0.39 is 11.6 Å². The first kappa shape index (κ1) is 21.5. The molecule has 1 unspecified atom stereocenters. The van der Waals surface area contributed by atoms with Crippen LogP contribution in [0, 0.1) is 11.8 Å². The van der Waals surface area contributed by atoms with Gasteiger partial charge in [-0.25, -0.2) is 0 Å². The molecule has 0 aliphatic rings. The number of carbonyl (C=O) groups excluding carboxylic acids is 2. The number of rotatable bonds is 7. The minimum Gasteiger partial charge on any atom is -0.352 e. The van der Waals surface area contributed by atoms with Crippen LogP contribution in [0.15, 0.2) is 0 Å². The Labute approximate surface area is 128 Å². The lowest BCUT2D eigenvalue weighted by molar-refractivity contribution is -0.130. The molecule has 0 heterocycles. The van der Waals surface area contributed by atoms with Gasteiger partial charge in [-0.2, -0.15) is 0 Å². The van der Waals surface area contributed by atoms with Crippen molar-refractivity contribution in [3.63, 3.8) is 0 Å². The highest BCUT2D eigenvalue weighted by Crippen LogP contribution is 2.05. The second-order valence-corrected chi connectivity index (χ2v) is 6.59. The van der Waals surface area contributed by atoms with Crippen LogP contribution in [-0.2, 0) is 9.59 Å². The summed E-state index contributed by atoms with van der Waals surface area (Å²) in [4.78, 5) is 23.8. The number of hydrogen-bond acceptors (Lipinski definition) is 3. The number of halogens is 1. The maximum absolute atomic E-state index is 12.1. The summed E-state index contributed by atoms with van der Waals surface area (Å²) in [6, 6.07) is -0.506. The highest BCUT2D eigenvalue weighted by Gasteiger charge is 2.25. The van der Waals surface area contributed by atoms with Crippen molar-refractivity contribution in [1.29, 1.82) is 0 Å². The van der Waals surface area contributed by atoms with Crippen LogP contribution in [0.2, 0.25) is 0 Å². The van der Waals surface area contributed by atoms with Crippen molar-refractivity contribution in [2.75, 3.05) is 6.54 Å². The molecule has 0 fully saturated rings. The van der Waals surface area contributed by atoms with Gasteiger partial charge in [-0.15, -0.1) is 12.4 Å². The molecule has 0 saturated heterocycles. The zero-order chi connectivity index (χ0) is 15.2. The summed E-state index contributed by atoms with van der Waals surface area (Å²) < 4.78 is 0. The summed E-state index contributed by atoms with van der Waals surface area (Å²) in [5, 5.41) is 5.58. The SMILES string of the molecule is CC(C)CC(=O)NC(C(=O)NCC(C)(C)N)C(C)C.Cl. The molecule has 0 rings (SSSR count). The van der Waals surface area contributed by atoms with Crippen molar-refractivity contribution in [3.8, 4) is 0 Å². The zero-order valence-electron chi connectivity index (χ0n) is 13.4. The van der Waals surface area contributed by atoms with E-state index >= 15 is 0 Å². The number of nitrogens with one attached hydrogen (secondary N) is 2. The van der Waals surface area contributed by atoms with Crippen LogP contribution in [0.1, 0.15) is 48.0 Å². The Bertz CT molecular complexity index is 312. The molecule has 120 valence electrons. The standard InChI is InChI=1S/C14H29N3O2.ClH/c1-9(2)7-11(18)17-12(10(3)4)13(19)16-8-14(5,6)15;/h9-10,12H,7-8,15H2,1-6H3,(H,16,19)(H,17,18);1H. The lowest BCUT2D eigenvalue weighted by atomic mass is 10.0. The van der Waals surface area contributed by atoms with Gasteiger partial charge in [0.2, 0.25) is 11.8 Å². The molecular weight excluding hydrogens is 278 g/mol. The molecule has 0 aromatic rings. The minimum atomic E-state index is -0.506. The molecule has 0 aliphatic carbocycles. The van der Waals surface area contributed by atoms with Gasteiger partial charge in [0.15, 0.2) is 0 Å². The Morgan fingerprint density at radius 1 is 1.15 bits per heavy atom. The normalized spacial score (nSPS) is 12.8. The average Bonchev–Trinajstić information content (AvgIpc) is 2.20. The molecule has 0 bridgehead atoms. The third kappa shape index (κ3) is 10.0. The van der Waals surface area contributed by atoms with Crippen molar-refractivity contribution in [3.05, 3.63) is 0 Å². The summed E-state index contributed by atoms with van der Waals surface area (Å²) in [6.45, 7) is 11.8. The average molecular weight is 308 g/mol. The Hall–Kier alpha value is -0.810. The number of amides is 2. The molecule has 0 aromatic heterocycles. The molecule has 0 saturated carbocycles. The summed E-state index contributed by atoms with van der Waals surface area (Å²) >= 11 is 0. The summed E-state index contributed by atoms with van der Waals surface area (Å²) in [5.41, 5.74) is 5.37. The van der Waals surface area contributed by atoms with Crippen molar-refractivity contribution in [2.45, 2.75) is 59.5 Å². The van der Waals surface area contributed by atoms with E-state index in [-0.39, 0.29) is 36.1 Å². The zero-order valence-corrected chi connectivity index (χ0v) is 14.3. The van der Waals surface area contributed by atoms with Gasteiger partial charge in [-0.3, -0.25) is 9.59 Å². The molecule has 0 radical (unpaired) electrons. The molecule has 0 spiro atoms. The van der Waals surface area contributed by atoms with E-state index in [1.165, 1.54) is 0 Å². The van der Waals surface area contributed by atoms with Gasteiger partial charge in [-0.05, 0) is 25.7 Å². The summed E-state index contributed by atoms with van der Waals surface area (Å²) in [6.07, 6.45) is 0.429. The number of carbonyl (C=O) groups is 2. The van der Waals surface area contributed by atoms with E-state index in [1.807, 2.05) is 41.5 Å². The lowest BCUT2D eigenvalue weighted by Crippen LogP contribution is -2.53. The second kappa shape index (κ2) is 9.19. The van der Waals surface area contributed by atoms with Crippen LogP contribution in [0.4, 0.5) is 0 Å². The van der Waals surface area contributed by atoms with Crippen LogP contribution >= 0.6 is 12.4 Å². The molecular formula is C14H30ClN3O2. The van der Waals surface area contributed by atoms with Gasteiger partial charge in [-0.1, -0.05) is 27.7 Å². The molecule has 0 aromatic carbocycles. The van der Waals surface area contributed by atoms with E-state index in [9.17, 15) is 9.59 Å². The second-order valence-electron chi connectivity index (χ2n) is 6.59. The van der Waals surface area contributed by atoms with Crippen LogP contribution < -0.4 is 16.4 Å². The topological polar surface area (TPSA) is 84.2 Å². The Morgan fingerprint density at radius 2 is 1.65 bits per heavy atom. The van der Waals surface area contributed by atoms with E-state index in [1.54, 1.807) is 0 Å². The molecule has 20 heavy (non-hydrogen) atoms. The highest BCUT2D eigenvalue weighted by atomic mass is 35.5. The monoisotopic (exact) mass is 307 g/mol. The summed E-state index contributed by atoms with van der Waals surface area (Å²) in [7, 11) is 0. The Morgan fingerprint density at radius 3 is 2.00 bits per heavy atom. The predicted octanol–water partition coefficient (Wildman–Crippen LogP) is 1.45. The van der Waals surface area contributed by atoms with Crippen LogP contribution in [0.25, 0.3) is 0 Å². The van der Waals surface area contributed by atoms with Gasteiger partial charge in [0.25, 0.3) is 0 Å². The van der Waals surface area contributed by atoms with Crippen molar-refractivity contribution < 1.29 is 9.59 Å². The van der Waals surface area contributed by atoms with Crippen molar-refractivity contribution >= 4 is 24.2 Å². The van der Waals surface area contributed by atoms with Gasteiger partial charge in [0.1, 0.15) is 6.04 Å². The van der Waals surface area contributed by atoms with Gasteiger partial charge >= 0.3 is 0 Å². The van der Waals surface area contributed by atoms with Crippen LogP contribution in [0.5, 0.6) is 0 Å². The molecule has 0 aliphatic heterocycles. The van der Waals surface area contributed by atoms with E-state index in [4.69, 9.17) is 5.73 Å². The largest absolute Gasteiger partial charge is 0.352 e. The van der Waals surface area contributed by atoms with E-state index in [0.717, 1.165) is 0 Å². The van der Waals surface area contributed by atoms with Crippen LogP contribution in [0.3, 0.4) is 0 Å². The first-order valence-electron chi connectivity index (χ1n) is 6.89. The summed E-state index contributed by atoms with van der Waals surface area (Å²) in [5.74, 6) is 0.0531. The van der Waals surface area contributed by atoms with Gasteiger partial charge in [0.05, 0.1) is 0 Å². The quantitative estimate of drug-likeness (QED) is 0.665. The number of hydrogen-bond donors (Lipinski definition) is 3. The van der Waals surface area contributed by atoms with Crippen molar-refractivity contribution in [2.24, 2.45) is 17.6 Å². The Balaban J connectivity index is 0. The predicted molar refractivity (Wildman–Crippen MR) is 84.7 cm³/mol.